The molecule has 2 saturated heterocycles. The summed E-state index contributed by atoms with van der Waals surface area (Å²) in [4.78, 5) is 28.6. The second kappa shape index (κ2) is 6.70. The summed E-state index contributed by atoms with van der Waals surface area (Å²) in [7, 11) is 0. The Kier molecular flexibility index (Phi) is 4.26. The minimum Gasteiger partial charge on any atom is -0.337 e. The Bertz CT molecular complexity index is 771. The molecular weight excluding hydrogens is 316 g/mol. The Hall–Kier alpha value is -2.63. The Morgan fingerprint density at radius 3 is 2.84 bits per heavy atom. The fourth-order valence-electron chi connectivity index (χ4n) is 3.76. The van der Waals surface area contributed by atoms with E-state index in [1.165, 1.54) is 0 Å². The second-order valence-corrected chi connectivity index (χ2v) is 6.73. The molecule has 3 heterocycles. The molecule has 6 nitrogen and oxygen atoms in total. The van der Waals surface area contributed by atoms with Gasteiger partial charge in [-0.05, 0) is 43.5 Å². The Labute approximate surface area is 147 Å². The molecule has 2 aromatic rings. The van der Waals surface area contributed by atoms with Crippen molar-refractivity contribution < 1.29 is 9.59 Å². The average molecular weight is 338 g/mol. The van der Waals surface area contributed by atoms with E-state index in [1.54, 1.807) is 11.1 Å². The Morgan fingerprint density at radius 1 is 1.16 bits per heavy atom. The van der Waals surface area contributed by atoms with E-state index in [2.05, 4.69) is 5.10 Å². The van der Waals surface area contributed by atoms with Crippen molar-refractivity contribution in [3.8, 4) is 0 Å². The van der Waals surface area contributed by atoms with Gasteiger partial charge in [0.05, 0.1) is 6.04 Å². The van der Waals surface area contributed by atoms with E-state index in [9.17, 15) is 9.59 Å². The SMILES string of the molecule is O=C(c1cccc(N2CCCC2=O)c1)N1CCC[C@@H](n2cccn2)C1. The number of likely N-dealkylation sites (tertiary alicyclic amines) is 1. The van der Waals surface area contributed by atoms with Crippen LogP contribution in [0, 0.1) is 0 Å². The lowest BCUT2D eigenvalue weighted by Gasteiger charge is -2.33. The number of hydrogen-bond acceptors (Lipinski definition) is 3. The van der Waals surface area contributed by atoms with Crippen molar-refractivity contribution in [2.45, 2.75) is 31.7 Å². The first-order chi connectivity index (χ1) is 12.2. The quantitative estimate of drug-likeness (QED) is 0.864. The largest absolute Gasteiger partial charge is 0.337 e. The molecule has 130 valence electrons. The van der Waals surface area contributed by atoms with Crippen LogP contribution in [0.5, 0.6) is 0 Å². The first-order valence-electron chi connectivity index (χ1n) is 8.91. The van der Waals surface area contributed by atoms with Gasteiger partial charge in [0.2, 0.25) is 5.91 Å². The first-order valence-corrected chi connectivity index (χ1v) is 8.91. The molecule has 0 spiro atoms. The van der Waals surface area contributed by atoms with Gasteiger partial charge in [0.25, 0.3) is 5.91 Å². The standard InChI is InChI=1S/C19H22N4O2/c24-18-8-3-11-22(18)16-6-1-5-15(13-16)19(25)21-10-2-7-17(14-21)23-12-4-9-20-23/h1,4-6,9,12-13,17H,2-3,7-8,10-11,14H2/t17-/m1/s1. The van der Waals surface area contributed by atoms with Crippen LogP contribution in [0.4, 0.5) is 5.69 Å². The number of piperidine rings is 1. The van der Waals surface area contributed by atoms with Crippen molar-refractivity contribution in [2.24, 2.45) is 0 Å². The van der Waals surface area contributed by atoms with Crippen molar-refractivity contribution in [2.75, 3.05) is 24.5 Å². The van der Waals surface area contributed by atoms with E-state index in [0.717, 1.165) is 38.0 Å². The van der Waals surface area contributed by atoms with Crippen LogP contribution in [0.3, 0.4) is 0 Å². The number of benzene rings is 1. The zero-order valence-electron chi connectivity index (χ0n) is 14.2. The van der Waals surface area contributed by atoms with Crippen LogP contribution < -0.4 is 4.90 Å². The van der Waals surface area contributed by atoms with Crippen molar-refractivity contribution in [1.82, 2.24) is 14.7 Å². The van der Waals surface area contributed by atoms with E-state index >= 15 is 0 Å². The zero-order chi connectivity index (χ0) is 17.2. The highest BCUT2D eigenvalue weighted by Crippen LogP contribution is 2.25. The predicted octanol–water partition coefficient (Wildman–Crippen LogP) is 2.49. The van der Waals surface area contributed by atoms with Crippen molar-refractivity contribution in [3.05, 3.63) is 48.3 Å². The van der Waals surface area contributed by atoms with Gasteiger partial charge in [-0.3, -0.25) is 14.3 Å². The van der Waals surface area contributed by atoms with Crippen LogP contribution >= 0.6 is 0 Å². The number of nitrogens with zero attached hydrogens (tertiary/aromatic N) is 4. The molecule has 2 aliphatic heterocycles. The summed E-state index contributed by atoms with van der Waals surface area (Å²) in [6.45, 7) is 2.18. The third-order valence-electron chi connectivity index (χ3n) is 5.06. The summed E-state index contributed by atoms with van der Waals surface area (Å²) in [5.74, 6) is 0.173. The summed E-state index contributed by atoms with van der Waals surface area (Å²) in [5.41, 5.74) is 1.48. The number of amides is 2. The topological polar surface area (TPSA) is 58.4 Å². The number of carbonyl (C=O) groups is 2. The summed E-state index contributed by atoms with van der Waals surface area (Å²) in [6.07, 6.45) is 7.22. The molecule has 2 fully saturated rings. The maximum atomic E-state index is 13.0. The number of rotatable bonds is 3. The van der Waals surface area contributed by atoms with E-state index < -0.39 is 0 Å². The van der Waals surface area contributed by atoms with Crippen molar-refractivity contribution >= 4 is 17.5 Å². The number of hydrogen-bond donors (Lipinski definition) is 0. The fourth-order valence-corrected chi connectivity index (χ4v) is 3.76. The zero-order valence-corrected chi connectivity index (χ0v) is 14.2. The van der Waals surface area contributed by atoms with Crippen LogP contribution in [0.25, 0.3) is 0 Å². The minimum atomic E-state index is 0.0327. The average Bonchev–Trinajstić information content (AvgIpc) is 3.33. The van der Waals surface area contributed by atoms with Crippen molar-refractivity contribution in [1.29, 1.82) is 0 Å². The molecule has 0 aliphatic carbocycles. The van der Waals surface area contributed by atoms with E-state index in [4.69, 9.17) is 0 Å². The molecule has 2 amide bonds. The second-order valence-electron chi connectivity index (χ2n) is 6.73. The molecule has 0 radical (unpaired) electrons. The highest BCUT2D eigenvalue weighted by atomic mass is 16.2. The van der Waals surface area contributed by atoms with Gasteiger partial charge >= 0.3 is 0 Å². The molecule has 1 aromatic carbocycles. The lowest BCUT2D eigenvalue weighted by atomic mass is 10.0. The minimum absolute atomic E-state index is 0.0327. The molecule has 6 heteroatoms. The van der Waals surface area contributed by atoms with Crippen LogP contribution in [0.1, 0.15) is 42.1 Å². The molecular formula is C19H22N4O2. The highest BCUT2D eigenvalue weighted by Gasteiger charge is 2.27. The summed E-state index contributed by atoms with van der Waals surface area (Å²) in [6, 6.07) is 9.60. The van der Waals surface area contributed by atoms with Crippen LogP contribution in [-0.4, -0.2) is 46.1 Å². The number of anilines is 1. The van der Waals surface area contributed by atoms with Crippen LogP contribution in [0.2, 0.25) is 0 Å². The molecule has 1 aromatic heterocycles. The molecule has 1 atom stereocenters. The predicted molar refractivity (Wildman–Crippen MR) is 94.4 cm³/mol. The first kappa shape index (κ1) is 15.9. The summed E-state index contributed by atoms with van der Waals surface area (Å²) < 4.78 is 1.94. The molecule has 4 rings (SSSR count). The third-order valence-corrected chi connectivity index (χ3v) is 5.06. The number of aromatic nitrogens is 2. The number of carbonyl (C=O) groups excluding carboxylic acids is 2. The molecule has 0 saturated carbocycles. The van der Waals surface area contributed by atoms with E-state index in [-0.39, 0.29) is 17.9 Å². The fraction of sp³-hybridized carbons (Fsp3) is 0.421. The maximum absolute atomic E-state index is 13.0. The molecule has 2 aliphatic rings. The lowest BCUT2D eigenvalue weighted by molar-refractivity contribution is -0.117. The third kappa shape index (κ3) is 3.16. The molecule has 25 heavy (non-hydrogen) atoms. The van der Waals surface area contributed by atoms with Gasteiger partial charge in [0.1, 0.15) is 0 Å². The van der Waals surface area contributed by atoms with Gasteiger partial charge in [-0.15, -0.1) is 0 Å². The normalized spacial score (nSPS) is 21.0. The highest BCUT2D eigenvalue weighted by molar-refractivity contribution is 5.99. The van der Waals surface area contributed by atoms with E-state index in [0.29, 0.717) is 18.5 Å². The van der Waals surface area contributed by atoms with Gasteiger partial charge in [0.15, 0.2) is 0 Å². The van der Waals surface area contributed by atoms with Gasteiger partial charge < -0.3 is 9.80 Å². The van der Waals surface area contributed by atoms with Crippen LogP contribution in [0.15, 0.2) is 42.7 Å². The summed E-state index contributed by atoms with van der Waals surface area (Å²) >= 11 is 0. The van der Waals surface area contributed by atoms with Gasteiger partial charge in [-0.25, -0.2) is 0 Å². The van der Waals surface area contributed by atoms with Crippen LogP contribution in [-0.2, 0) is 4.79 Å². The van der Waals surface area contributed by atoms with Crippen molar-refractivity contribution in [3.63, 3.8) is 0 Å². The Balaban J connectivity index is 1.51. The smallest absolute Gasteiger partial charge is 0.254 e. The Morgan fingerprint density at radius 2 is 2.08 bits per heavy atom. The van der Waals surface area contributed by atoms with E-state index in [1.807, 2.05) is 46.1 Å². The van der Waals surface area contributed by atoms with Gasteiger partial charge in [-0.1, -0.05) is 6.07 Å². The molecule has 0 bridgehead atoms. The monoisotopic (exact) mass is 338 g/mol. The maximum Gasteiger partial charge on any atom is 0.254 e. The molecule has 0 N–H and O–H groups in total. The summed E-state index contributed by atoms with van der Waals surface area (Å²) in [5, 5.41) is 4.32. The van der Waals surface area contributed by atoms with Gasteiger partial charge in [-0.2, -0.15) is 5.10 Å². The molecule has 0 unspecified atom stereocenters. The lowest BCUT2D eigenvalue weighted by Crippen LogP contribution is -2.40. The van der Waals surface area contributed by atoms with Gasteiger partial charge in [0, 0.05) is 49.7 Å².